The summed E-state index contributed by atoms with van der Waals surface area (Å²) < 4.78 is 4.82. The van der Waals surface area contributed by atoms with Gasteiger partial charge in [0.05, 0.1) is 0 Å². The van der Waals surface area contributed by atoms with Crippen LogP contribution in [0.25, 0.3) is 0 Å². The van der Waals surface area contributed by atoms with Gasteiger partial charge in [-0.3, -0.25) is 0 Å². The number of hydrogen-bond acceptors (Lipinski definition) is 1. The Morgan fingerprint density at radius 2 is 0.969 bits per heavy atom. The molecule has 3 aromatic rings. The van der Waals surface area contributed by atoms with Crippen molar-refractivity contribution in [2.45, 2.75) is 66.2 Å². The molecule has 0 unspecified atom stereocenters. The van der Waals surface area contributed by atoms with Gasteiger partial charge in [-0.25, -0.2) is 0 Å². The summed E-state index contributed by atoms with van der Waals surface area (Å²) in [4.78, 5) is 0. The number of nitrogens with one attached hydrogen (secondary N) is 1. The smallest absolute Gasteiger partial charge is 0.0167 e. The zero-order chi connectivity index (χ0) is 23.3. The molecule has 0 fully saturated rings. The van der Waals surface area contributed by atoms with E-state index in [1.807, 2.05) is 14.1 Å². The minimum atomic E-state index is -2.29. The van der Waals surface area contributed by atoms with Crippen LogP contribution in [0.1, 0.15) is 62.3 Å². The first kappa shape index (κ1) is 26.8. The molecule has 1 N–H and O–H groups in total. The van der Waals surface area contributed by atoms with E-state index in [4.69, 9.17) is 0 Å². The molecule has 0 spiro atoms. The summed E-state index contributed by atoms with van der Waals surface area (Å²) in [7, 11) is 3.75. The van der Waals surface area contributed by atoms with Crippen molar-refractivity contribution in [2.75, 3.05) is 14.1 Å². The molecule has 0 atom stereocenters. The predicted molar refractivity (Wildman–Crippen MR) is 146 cm³/mol. The van der Waals surface area contributed by atoms with Crippen molar-refractivity contribution >= 4 is 31.6 Å². The van der Waals surface area contributed by atoms with Gasteiger partial charge in [0.15, 0.2) is 0 Å². The van der Waals surface area contributed by atoms with E-state index in [0.29, 0.717) is 0 Å². The largest absolute Gasteiger partial charge is 0.323 e. The van der Waals surface area contributed by atoms with Gasteiger partial charge >= 0.3 is 187 Å². The van der Waals surface area contributed by atoms with Gasteiger partial charge in [-0.1, -0.05) is 0 Å². The summed E-state index contributed by atoms with van der Waals surface area (Å²) in [5.74, 6) is 0. The third kappa shape index (κ3) is 7.82. The van der Waals surface area contributed by atoms with E-state index in [1.54, 1.807) is 9.81 Å². The summed E-state index contributed by atoms with van der Waals surface area (Å²) in [5, 5.41) is 2.75. The van der Waals surface area contributed by atoms with Crippen LogP contribution in [0.3, 0.4) is 0 Å². The monoisotopic (exact) mass is 625 g/mol. The van der Waals surface area contributed by atoms with E-state index in [1.165, 1.54) is 60.8 Å². The van der Waals surface area contributed by atoms with Crippen LogP contribution in [0.2, 0.25) is 0 Å². The van der Waals surface area contributed by atoms with Crippen molar-refractivity contribution in [3.8, 4) is 0 Å². The Balaban J connectivity index is 0.00000114. The molecule has 0 amide bonds. The standard InChI is InChI=1S/C10H13.2C9H11.C2H7N.Bi/c1-3-5-10-7-4-6-9(2)8-10;2*1-2-6-9-7-4-3-5-8-9;1-3-2;/h4,7-8H,3,5H2,1-2H3;2*4-5,7-8H,2,6H2,1H3;3H,1-2H3;. The van der Waals surface area contributed by atoms with Crippen molar-refractivity contribution in [3.05, 3.63) is 89.0 Å². The Morgan fingerprint density at radius 3 is 1.34 bits per heavy atom. The van der Waals surface area contributed by atoms with Gasteiger partial charge in [0.25, 0.3) is 0 Å². The van der Waals surface area contributed by atoms with E-state index in [0.717, 1.165) is 0 Å². The second kappa shape index (κ2) is 14.6. The van der Waals surface area contributed by atoms with Crippen molar-refractivity contribution in [1.29, 1.82) is 0 Å². The van der Waals surface area contributed by atoms with Crippen LogP contribution in [0.5, 0.6) is 0 Å². The van der Waals surface area contributed by atoms with E-state index < -0.39 is 21.8 Å². The Kier molecular flexibility index (Phi) is 12.2. The molecular weight excluding hydrogens is 583 g/mol. The van der Waals surface area contributed by atoms with Gasteiger partial charge in [-0.05, 0) is 14.1 Å². The maximum Gasteiger partial charge on any atom is -0.0167 e. The fraction of sp³-hybridized carbons (Fsp3) is 0.400. The molecule has 0 aromatic heterocycles. The van der Waals surface area contributed by atoms with Crippen LogP contribution in [-0.2, 0) is 19.3 Å². The Morgan fingerprint density at radius 1 is 0.594 bits per heavy atom. The average Bonchev–Trinajstić information content (AvgIpc) is 2.79. The van der Waals surface area contributed by atoms with Crippen molar-refractivity contribution in [1.82, 2.24) is 5.32 Å². The fourth-order valence-corrected chi connectivity index (χ4v) is 13.3. The first-order valence-corrected chi connectivity index (χ1v) is 17.4. The van der Waals surface area contributed by atoms with Gasteiger partial charge in [0.1, 0.15) is 0 Å². The molecule has 172 valence electrons. The average molecular weight is 626 g/mol. The minimum absolute atomic E-state index is 1.18. The van der Waals surface area contributed by atoms with Gasteiger partial charge < -0.3 is 5.32 Å². The maximum absolute atomic E-state index is 2.75. The van der Waals surface area contributed by atoms with Gasteiger partial charge in [0, 0.05) is 0 Å². The molecule has 3 rings (SSSR count). The van der Waals surface area contributed by atoms with Crippen LogP contribution in [0, 0.1) is 6.92 Å². The fourth-order valence-electron chi connectivity index (χ4n) is 4.04. The number of rotatable bonds is 9. The second-order valence-corrected chi connectivity index (χ2v) is 17.0. The first-order valence-electron chi connectivity index (χ1n) is 12.2. The topological polar surface area (TPSA) is 12.0 Å². The molecule has 0 aliphatic rings. The Hall–Kier alpha value is -1.50. The molecule has 0 bridgehead atoms. The zero-order valence-electron chi connectivity index (χ0n) is 21.0. The predicted octanol–water partition coefficient (Wildman–Crippen LogP) is 5.20. The van der Waals surface area contributed by atoms with E-state index in [9.17, 15) is 0 Å². The van der Waals surface area contributed by atoms with Crippen molar-refractivity contribution in [2.24, 2.45) is 0 Å². The molecular formula is C30H42BiN. The molecule has 0 radical (unpaired) electrons. The van der Waals surface area contributed by atoms with Crippen molar-refractivity contribution < 1.29 is 0 Å². The number of hydrogen-bond donors (Lipinski definition) is 1. The van der Waals surface area contributed by atoms with Gasteiger partial charge in [-0.2, -0.15) is 0 Å². The van der Waals surface area contributed by atoms with Crippen LogP contribution in [0.4, 0.5) is 0 Å². The molecule has 32 heavy (non-hydrogen) atoms. The van der Waals surface area contributed by atoms with E-state index >= 15 is 0 Å². The molecule has 3 aromatic carbocycles. The van der Waals surface area contributed by atoms with Crippen LogP contribution in [0.15, 0.2) is 66.7 Å². The SMILES string of the molecule is CCCc1cc[c]([Bi]([c]2ccc(CCC)cc2)[c]2ccc(CCC)cc2C)cc1.CNC. The van der Waals surface area contributed by atoms with Crippen LogP contribution in [-0.4, -0.2) is 35.8 Å². The van der Waals surface area contributed by atoms with Crippen LogP contribution >= 0.6 is 0 Å². The third-order valence-electron chi connectivity index (χ3n) is 5.51. The van der Waals surface area contributed by atoms with E-state index in [2.05, 4.69) is 99.7 Å². The summed E-state index contributed by atoms with van der Waals surface area (Å²) >= 11 is -2.29. The Bertz CT molecular complexity index is 863. The Labute approximate surface area is 205 Å². The summed E-state index contributed by atoms with van der Waals surface area (Å²) in [5.41, 5.74) is 5.90. The molecule has 0 heterocycles. The molecule has 1 nitrogen and oxygen atoms in total. The summed E-state index contributed by atoms with van der Waals surface area (Å²) in [6, 6.07) is 26.5. The summed E-state index contributed by atoms with van der Waals surface area (Å²) in [6.07, 6.45) is 7.16. The molecule has 0 saturated carbocycles. The zero-order valence-corrected chi connectivity index (χ0v) is 24.5. The first-order chi connectivity index (χ1) is 15.6. The maximum atomic E-state index is 2.75. The molecule has 0 saturated heterocycles. The summed E-state index contributed by atoms with van der Waals surface area (Å²) in [6.45, 7) is 9.11. The second-order valence-electron chi connectivity index (χ2n) is 8.54. The minimum Gasteiger partial charge on any atom is -0.323 e. The number of benzene rings is 3. The number of aryl methyl sites for hydroxylation is 4. The van der Waals surface area contributed by atoms with Crippen molar-refractivity contribution in [3.63, 3.8) is 0 Å². The van der Waals surface area contributed by atoms with Crippen LogP contribution < -0.4 is 15.1 Å². The molecule has 0 aliphatic carbocycles. The quantitative estimate of drug-likeness (QED) is 0.323. The molecule has 2 heteroatoms. The third-order valence-corrected chi connectivity index (χ3v) is 15.7. The van der Waals surface area contributed by atoms with Gasteiger partial charge in [0.2, 0.25) is 0 Å². The van der Waals surface area contributed by atoms with Gasteiger partial charge in [-0.15, -0.1) is 0 Å². The van der Waals surface area contributed by atoms with E-state index in [-0.39, 0.29) is 0 Å². The normalized spacial score (nSPS) is 10.7. The molecule has 0 aliphatic heterocycles.